The van der Waals surface area contributed by atoms with E-state index in [0.717, 1.165) is 32.5 Å². The summed E-state index contributed by atoms with van der Waals surface area (Å²) >= 11 is 6.03. The molecule has 1 fully saturated rings. The van der Waals surface area contributed by atoms with Gasteiger partial charge in [0.25, 0.3) is 5.91 Å². The van der Waals surface area contributed by atoms with Gasteiger partial charge in [-0.1, -0.05) is 72.3 Å². The standard InChI is InChI=1S/C27H23ClN4O3/c28-20-12-10-18(11-13-20)25(17-6-2-1-3-7-17)31-24(33)16-32-26(34)23(30-27(32)35)14-19-15-29-22-9-5-4-8-21(19)22/h1-13,15,23,25,29H,14,16H2,(H,30,35)(H,31,33)/t23-,25+/m0/s1. The van der Waals surface area contributed by atoms with E-state index in [0.29, 0.717) is 11.4 Å². The molecule has 3 N–H and O–H groups in total. The molecule has 4 aromatic rings. The Morgan fingerprint density at radius 2 is 1.63 bits per heavy atom. The van der Waals surface area contributed by atoms with E-state index in [9.17, 15) is 14.4 Å². The number of carbonyl (C=O) groups is 3. The summed E-state index contributed by atoms with van der Waals surface area (Å²) in [7, 11) is 0. The van der Waals surface area contributed by atoms with E-state index >= 15 is 0 Å². The molecule has 1 aromatic heterocycles. The number of H-pyrrole nitrogens is 1. The number of carbonyl (C=O) groups excluding carboxylic acids is 3. The first-order chi connectivity index (χ1) is 17.0. The second-order valence-electron chi connectivity index (χ2n) is 8.45. The van der Waals surface area contributed by atoms with Crippen LogP contribution in [0.15, 0.2) is 85.1 Å². The van der Waals surface area contributed by atoms with E-state index in [-0.39, 0.29) is 6.54 Å². The minimum atomic E-state index is -0.726. The molecule has 0 spiro atoms. The van der Waals surface area contributed by atoms with E-state index in [4.69, 9.17) is 11.6 Å². The summed E-state index contributed by atoms with van der Waals surface area (Å²) in [6.07, 6.45) is 2.18. The highest BCUT2D eigenvalue weighted by Crippen LogP contribution is 2.24. The van der Waals surface area contributed by atoms with Crippen LogP contribution in [0, 0.1) is 0 Å². The van der Waals surface area contributed by atoms with Crippen LogP contribution in [0.25, 0.3) is 10.9 Å². The van der Waals surface area contributed by atoms with Gasteiger partial charge in [0, 0.05) is 28.5 Å². The van der Waals surface area contributed by atoms with Crippen molar-refractivity contribution in [1.82, 2.24) is 20.5 Å². The Kier molecular flexibility index (Phi) is 6.25. The van der Waals surface area contributed by atoms with E-state index in [2.05, 4.69) is 15.6 Å². The second kappa shape index (κ2) is 9.64. The number of rotatable bonds is 7. The molecule has 3 aromatic carbocycles. The molecule has 0 unspecified atom stereocenters. The Morgan fingerprint density at radius 1 is 0.943 bits per heavy atom. The van der Waals surface area contributed by atoms with Crippen LogP contribution < -0.4 is 10.6 Å². The van der Waals surface area contributed by atoms with Crippen LogP contribution in [-0.2, 0) is 16.0 Å². The number of hydrogen-bond acceptors (Lipinski definition) is 3. The van der Waals surface area contributed by atoms with Gasteiger partial charge in [0.2, 0.25) is 5.91 Å². The molecule has 2 heterocycles. The number of urea groups is 1. The Labute approximate surface area is 207 Å². The fraction of sp³-hybridized carbons (Fsp3) is 0.148. The largest absolute Gasteiger partial charge is 0.361 e. The highest BCUT2D eigenvalue weighted by molar-refractivity contribution is 6.30. The van der Waals surface area contributed by atoms with Crippen LogP contribution in [0.3, 0.4) is 0 Å². The molecule has 0 saturated carbocycles. The summed E-state index contributed by atoms with van der Waals surface area (Å²) < 4.78 is 0. The maximum Gasteiger partial charge on any atom is 0.325 e. The van der Waals surface area contributed by atoms with Gasteiger partial charge in [-0.2, -0.15) is 0 Å². The summed E-state index contributed by atoms with van der Waals surface area (Å²) in [5.74, 6) is -0.858. The molecular weight excluding hydrogens is 464 g/mol. The molecule has 0 aliphatic carbocycles. The van der Waals surface area contributed by atoms with Gasteiger partial charge in [0.05, 0.1) is 6.04 Å². The topological polar surface area (TPSA) is 94.3 Å². The molecule has 35 heavy (non-hydrogen) atoms. The van der Waals surface area contributed by atoms with Gasteiger partial charge in [0.1, 0.15) is 12.6 Å². The maximum absolute atomic E-state index is 13.0. The van der Waals surface area contributed by atoms with Crippen LogP contribution in [0.4, 0.5) is 4.79 Å². The number of fused-ring (bicyclic) bond motifs is 1. The summed E-state index contributed by atoms with van der Waals surface area (Å²) in [5, 5.41) is 7.26. The first-order valence-electron chi connectivity index (χ1n) is 11.3. The normalized spacial score (nSPS) is 16.4. The summed E-state index contributed by atoms with van der Waals surface area (Å²) in [6.45, 7) is -0.369. The van der Waals surface area contributed by atoms with Crippen molar-refractivity contribution in [2.75, 3.05) is 6.54 Å². The lowest BCUT2D eigenvalue weighted by Crippen LogP contribution is -2.42. The number of aromatic amines is 1. The van der Waals surface area contributed by atoms with Gasteiger partial charge >= 0.3 is 6.03 Å². The molecule has 5 rings (SSSR count). The number of hydrogen-bond donors (Lipinski definition) is 3. The smallest absolute Gasteiger partial charge is 0.325 e. The molecule has 1 aliphatic rings. The molecule has 1 aliphatic heterocycles. The van der Waals surface area contributed by atoms with Gasteiger partial charge in [0.15, 0.2) is 0 Å². The minimum Gasteiger partial charge on any atom is -0.361 e. The lowest BCUT2D eigenvalue weighted by molar-refractivity contribution is -0.132. The third-order valence-electron chi connectivity index (χ3n) is 6.15. The summed E-state index contributed by atoms with van der Waals surface area (Å²) in [4.78, 5) is 42.7. The van der Waals surface area contributed by atoms with Crippen LogP contribution >= 0.6 is 11.6 Å². The number of aromatic nitrogens is 1. The average molecular weight is 487 g/mol. The molecule has 7 nitrogen and oxygen atoms in total. The Morgan fingerprint density at radius 3 is 2.40 bits per heavy atom. The van der Waals surface area contributed by atoms with Crippen LogP contribution in [0.5, 0.6) is 0 Å². The van der Waals surface area contributed by atoms with Crippen LogP contribution in [-0.4, -0.2) is 40.3 Å². The lowest BCUT2D eigenvalue weighted by Gasteiger charge is -2.21. The molecule has 4 amide bonds. The van der Waals surface area contributed by atoms with Crippen molar-refractivity contribution in [3.8, 4) is 0 Å². The second-order valence-corrected chi connectivity index (χ2v) is 8.89. The van der Waals surface area contributed by atoms with Gasteiger partial charge in [-0.3, -0.25) is 14.5 Å². The fourth-order valence-electron chi connectivity index (χ4n) is 4.40. The number of nitrogens with zero attached hydrogens (tertiary/aromatic N) is 1. The average Bonchev–Trinajstić information content (AvgIpc) is 3.40. The Balaban J connectivity index is 1.29. The monoisotopic (exact) mass is 486 g/mol. The van der Waals surface area contributed by atoms with Gasteiger partial charge in [-0.05, 0) is 34.9 Å². The predicted octanol–water partition coefficient (Wildman–Crippen LogP) is 4.19. The SMILES string of the molecule is O=C(CN1C(=O)N[C@@H](Cc2c[nH]c3ccccc23)C1=O)N[C@H](c1ccccc1)c1ccc(Cl)cc1. The minimum absolute atomic E-state index is 0.337. The summed E-state index contributed by atoms with van der Waals surface area (Å²) in [6, 6.07) is 22.7. The third-order valence-corrected chi connectivity index (χ3v) is 6.40. The number of benzene rings is 3. The molecule has 2 atom stereocenters. The first-order valence-corrected chi connectivity index (χ1v) is 11.6. The van der Waals surface area contributed by atoms with E-state index in [1.54, 1.807) is 12.1 Å². The fourth-order valence-corrected chi connectivity index (χ4v) is 4.52. The van der Waals surface area contributed by atoms with Crippen molar-refractivity contribution in [3.63, 3.8) is 0 Å². The quantitative estimate of drug-likeness (QED) is 0.342. The number of halogens is 1. The van der Waals surface area contributed by atoms with Gasteiger partial charge in [-0.15, -0.1) is 0 Å². The van der Waals surface area contributed by atoms with Gasteiger partial charge in [-0.25, -0.2) is 4.79 Å². The molecule has 1 saturated heterocycles. The number of imide groups is 1. The van der Waals surface area contributed by atoms with Crippen molar-refractivity contribution >= 4 is 40.3 Å². The summed E-state index contributed by atoms with van der Waals surface area (Å²) in [5.41, 5.74) is 3.60. The molecular formula is C27H23ClN4O3. The molecule has 8 heteroatoms. The lowest BCUT2D eigenvalue weighted by atomic mass is 9.98. The number of para-hydroxylation sites is 1. The van der Waals surface area contributed by atoms with Gasteiger partial charge < -0.3 is 15.6 Å². The van der Waals surface area contributed by atoms with Crippen LogP contribution in [0.2, 0.25) is 5.02 Å². The molecule has 176 valence electrons. The van der Waals surface area contributed by atoms with E-state index < -0.39 is 29.9 Å². The van der Waals surface area contributed by atoms with E-state index in [1.807, 2.05) is 72.9 Å². The zero-order valence-electron chi connectivity index (χ0n) is 18.7. The van der Waals surface area contributed by atoms with Crippen LogP contribution in [0.1, 0.15) is 22.7 Å². The molecule has 0 bridgehead atoms. The van der Waals surface area contributed by atoms with Crippen molar-refractivity contribution in [2.24, 2.45) is 0 Å². The predicted molar refractivity (Wildman–Crippen MR) is 134 cm³/mol. The third kappa shape index (κ3) is 4.76. The van der Waals surface area contributed by atoms with E-state index in [1.165, 1.54) is 0 Å². The first kappa shape index (κ1) is 22.7. The maximum atomic E-state index is 13.0. The van der Waals surface area contributed by atoms with Crippen molar-refractivity contribution in [2.45, 2.75) is 18.5 Å². The zero-order chi connectivity index (χ0) is 24.4. The zero-order valence-corrected chi connectivity index (χ0v) is 19.5. The Bertz CT molecular complexity index is 1380. The van der Waals surface area contributed by atoms with Crippen molar-refractivity contribution in [3.05, 3.63) is 107 Å². The number of nitrogens with one attached hydrogen (secondary N) is 3. The number of amides is 4. The molecule has 0 radical (unpaired) electrons. The Hall–Kier alpha value is -4.10. The van der Waals surface area contributed by atoms with Crippen molar-refractivity contribution in [1.29, 1.82) is 0 Å². The highest BCUT2D eigenvalue weighted by Gasteiger charge is 2.39. The van der Waals surface area contributed by atoms with Crippen molar-refractivity contribution < 1.29 is 14.4 Å². The highest BCUT2D eigenvalue weighted by atomic mass is 35.5.